The molecule has 0 aliphatic rings. The van der Waals surface area contributed by atoms with Gasteiger partial charge in [0.2, 0.25) is 5.78 Å². The van der Waals surface area contributed by atoms with Gasteiger partial charge in [-0.05, 0) is 13.0 Å². The molecule has 30 heavy (non-hydrogen) atoms. The first-order valence-electron chi connectivity index (χ1n) is 9.10. The monoisotopic (exact) mass is 406 g/mol. The number of aryl methyl sites for hydroxylation is 2. The van der Waals surface area contributed by atoms with E-state index in [1.807, 2.05) is 31.2 Å². The Balaban J connectivity index is 1.50. The summed E-state index contributed by atoms with van der Waals surface area (Å²) in [4.78, 5) is 33.6. The van der Waals surface area contributed by atoms with Crippen molar-refractivity contribution in [2.24, 2.45) is 0 Å². The number of anilines is 1. The van der Waals surface area contributed by atoms with Gasteiger partial charge in [-0.15, -0.1) is 5.10 Å². The molecule has 4 rings (SSSR count). The van der Waals surface area contributed by atoms with Crippen molar-refractivity contribution in [3.63, 3.8) is 0 Å². The van der Waals surface area contributed by atoms with E-state index in [0.717, 1.165) is 11.1 Å². The summed E-state index contributed by atoms with van der Waals surface area (Å²) >= 11 is 0. The van der Waals surface area contributed by atoms with Crippen LogP contribution in [0.3, 0.4) is 0 Å². The number of carbonyl (C=O) groups is 2. The van der Waals surface area contributed by atoms with Crippen molar-refractivity contribution < 1.29 is 18.4 Å². The summed E-state index contributed by atoms with van der Waals surface area (Å²) in [6.07, 6.45) is 2.77. The third kappa shape index (κ3) is 4.02. The van der Waals surface area contributed by atoms with Crippen LogP contribution in [-0.4, -0.2) is 36.7 Å². The normalized spacial score (nSPS) is 10.9. The lowest BCUT2D eigenvalue weighted by Gasteiger charge is -2.02. The Morgan fingerprint density at radius 1 is 1.20 bits per heavy atom. The smallest absolute Gasteiger partial charge is 0.279 e. The van der Waals surface area contributed by atoms with E-state index < -0.39 is 5.91 Å². The number of amides is 1. The molecule has 0 fully saturated rings. The van der Waals surface area contributed by atoms with Crippen LogP contribution < -0.4 is 5.32 Å². The van der Waals surface area contributed by atoms with Gasteiger partial charge in [0.1, 0.15) is 18.5 Å². The van der Waals surface area contributed by atoms with Crippen LogP contribution in [0, 0.1) is 13.8 Å². The molecule has 0 unspecified atom stereocenters. The van der Waals surface area contributed by atoms with Gasteiger partial charge in [0.05, 0.1) is 6.20 Å². The topological polar surface area (TPSA) is 129 Å². The molecular formula is C20H18N6O4. The van der Waals surface area contributed by atoms with Crippen LogP contribution in [0.2, 0.25) is 0 Å². The Morgan fingerprint density at radius 3 is 2.77 bits per heavy atom. The van der Waals surface area contributed by atoms with Crippen LogP contribution in [0.5, 0.6) is 0 Å². The lowest BCUT2D eigenvalue weighted by Crippen LogP contribution is -2.14. The van der Waals surface area contributed by atoms with E-state index in [2.05, 4.69) is 25.5 Å². The van der Waals surface area contributed by atoms with Crippen molar-refractivity contribution in [3.05, 3.63) is 65.5 Å². The van der Waals surface area contributed by atoms with Crippen LogP contribution in [0.1, 0.15) is 45.2 Å². The van der Waals surface area contributed by atoms with Gasteiger partial charge in [0, 0.05) is 19.4 Å². The van der Waals surface area contributed by atoms with E-state index >= 15 is 0 Å². The molecule has 0 saturated heterocycles. The molecule has 0 aliphatic heterocycles. The van der Waals surface area contributed by atoms with Gasteiger partial charge in [0.15, 0.2) is 23.2 Å². The first-order valence-corrected chi connectivity index (χ1v) is 9.10. The summed E-state index contributed by atoms with van der Waals surface area (Å²) in [5.74, 6) is 0.306. The van der Waals surface area contributed by atoms with Crippen LogP contribution in [-0.2, 0) is 6.54 Å². The fourth-order valence-electron chi connectivity index (χ4n) is 2.86. The number of hydrogen-bond acceptors (Lipinski definition) is 8. The number of carbonyl (C=O) groups excluding carboxylic acids is 2. The number of aromatic nitrogens is 5. The average molecular weight is 406 g/mol. The number of oxazole rings is 2. The Hall–Kier alpha value is -4.08. The molecule has 0 radical (unpaired) electrons. The van der Waals surface area contributed by atoms with E-state index in [1.165, 1.54) is 24.2 Å². The van der Waals surface area contributed by atoms with E-state index in [-0.39, 0.29) is 29.7 Å². The summed E-state index contributed by atoms with van der Waals surface area (Å²) in [5, 5.41) is 11.0. The molecule has 3 aromatic heterocycles. The predicted molar refractivity (Wildman–Crippen MR) is 105 cm³/mol. The Labute approximate surface area is 170 Å². The summed E-state index contributed by atoms with van der Waals surface area (Å²) in [6, 6.07) is 7.61. The second-order valence-corrected chi connectivity index (χ2v) is 6.69. The standard InChI is InChI=1S/C20H18N6O4/c1-11-5-4-6-14(7-11)18-17(22-13(3)30-18)19(28)24-16-8-21-26(25-16)9-15-10-29-20(23-15)12(2)27/h4-8,10H,9H2,1-3H3,(H,24,25,28). The minimum atomic E-state index is -0.462. The fraction of sp³-hybridized carbons (Fsp3) is 0.200. The van der Waals surface area contributed by atoms with E-state index in [9.17, 15) is 9.59 Å². The fourth-order valence-corrected chi connectivity index (χ4v) is 2.86. The van der Waals surface area contributed by atoms with Crippen molar-refractivity contribution in [2.45, 2.75) is 27.3 Å². The molecule has 152 valence electrons. The minimum absolute atomic E-state index is 0.0239. The molecule has 0 bridgehead atoms. The quantitative estimate of drug-likeness (QED) is 0.484. The van der Waals surface area contributed by atoms with Gasteiger partial charge < -0.3 is 14.2 Å². The average Bonchev–Trinajstić information content (AvgIpc) is 3.42. The van der Waals surface area contributed by atoms with Gasteiger partial charge in [-0.3, -0.25) is 9.59 Å². The molecule has 3 heterocycles. The van der Waals surface area contributed by atoms with Crippen molar-refractivity contribution >= 4 is 17.5 Å². The maximum absolute atomic E-state index is 12.8. The first-order chi connectivity index (χ1) is 14.4. The largest absolute Gasteiger partial charge is 0.442 e. The molecule has 1 amide bonds. The summed E-state index contributed by atoms with van der Waals surface area (Å²) in [7, 11) is 0. The SMILES string of the molecule is CC(=O)c1nc(Cn2ncc(NC(=O)c3nc(C)oc3-c3cccc(C)c3)n2)co1. The van der Waals surface area contributed by atoms with Crippen LogP contribution in [0.25, 0.3) is 11.3 Å². The lowest BCUT2D eigenvalue weighted by atomic mass is 10.1. The van der Waals surface area contributed by atoms with Crippen molar-refractivity contribution in [1.29, 1.82) is 0 Å². The molecule has 0 saturated carbocycles. The number of ketones is 1. The molecule has 10 heteroatoms. The maximum atomic E-state index is 12.8. The zero-order chi connectivity index (χ0) is 21.3. The second-order valence-electron chi connectivity index (χ2n) is 6.69. The number of rotatable bonds is 6. The second kappa shape index (κ2) is 7.74. The maximum Gasteiger partial charge on any atom is 0.279 e. The van der Waals surface area contributed by atoms with Crippen molar-refractivity contribution in [1.82, 2.24) is 25.0 Å². The Bertz CT molecular complexity index is 1240. The van der Waals surface area contributed by atoms with Crippen LogP contribution >= 0.6 is 0 Å². The molecule has 0 spiro atoms. The molecule has 1 N–H and O–H groups in total. The zero-order valence-corrected chi connectivity index (χ0v) is 16.5. The van der Waals surface area contributed by atoms with Gasteiger partial charge in [-0.2, -0.15) is 9.90 Å². The van der Waals surface area contributed by atoms with Gasteiger partial charge in [-0.1, -0.05) is 23.8 Å². The summed E-state index contributed by atoms with van der Waals surface area (Å²) < 4.78 is 10.7. The van der Waals surface area contributed by atoms with E-state index in [1.54, 1.807) is 6.92 Å². The highest BCUT2D eigenvalue weighted by atomic mass is 16.4. The third-order valence-corrected chi connectivity index (χ3v) is 4.16. The number of benzene rings is 1. The summed E-state index contributed by atoms with van der Waals surface area (Å²) in [6.45, 7) is 5.19. The number of Topliss-reactive ketones (excluding diaryl/α,β-unsaturated/α-hetero) is 1. The number of hydrogen-bond donors (Lipinski definition) is 1. The number of nitrogens with one attached hydrogen (secondary N) is 1. The lowest BCUT2D eigenvalue weighted by molar-refractivity contribution is 0.0979. The van der Waals surface area contributed by atoms with Crippen LogP contribution in [0.15, 0.2) is 45.6 Å². The highest BCUT2D eigenvalue weighted by Gasteiger charge is 2.21. The Morgan fingerprint density at radius 2 is 2.03 bits per heavy atom. The molecule has 4 aromatic rings. The van der Waals surface area contributed by atoms with E-state index in [4.69, 9.17) is 8.83 Å². The Kier molecular flexibility index (Phi) is 4.97. The van der Waals surface area contributed by atoms with Gasteiger partial charge in [-0.25, -0.2) is 9.97 Å². The minimum Gasteiger partial charge on any atom is -0.442 e. The highest BCUT2D eigenvalue weighted by Crippen LogP contribution is 2.26. The summed E-state index contributed by atoms with van der Waals surface area (Å²) in [5.41, 5.74) is 2.45. The highest BCUT2D eigenvalue weighted by molar-refractivity contribution is 6.05. The molecule has 0 atom stereocenters. The van der Waals surface area contributed by atoms with Gasteiger partial charge >= 0.3 is 0 Å². The van der Waals surface area contributed by atoms with Crippen LogP contribution in [0.4, 0.5) is 5.82 Å². The molecule has 1 aromatic carbocycles. The van der Waals surface area contributed by atoms with E-state index in [0.29, 0.717) is 17.3 Å². The molecule has 10 nitrogen and oxygen atoms in total. The third-order valence-electron chi connectivity index (χ3n) is 4.16. The number of nitrogens with zero attached hydrogens (tertiary/aromatic N) is 5. The predicted octanol–water partition coefficient (Wildman–Crippen LogP) is 3.04. The van der Waals surface area contributed by atoms with Crippen molar-refractivity contribution in [3.8, 4) is 11.3 Å². The first kappa shape index (κ1) is 19.2. The molecule has 0 aliphatic carbocycles. The zero-order valence-electron chi connectivity index (χ0n) is 16.5. The van der Waals surface area contributed by atoms with Crippen molar-refractivity contribution in [2.75, 3.05) is 5.32 Å². The van der Waals surface area contributed by atoms with Gasteiger partial charge in [0.25, 0.3) is 11.8 Å². The molecular weight excluding hydrogens is 388 g/mol.